The molecule has 184 valence electrons. The lowest BCUT2D eigenvalue weighted by atomic mass is 9.95. The van der Waals surface area contributed by atoms with Crippen LogP contribution in [0.3, 0.4) is 0 Å². The topological polar surface area (TPSA) is 87.7 Å². The number of hydrogen-bond acceptors (Lipinski definition) is 5. The van der Waals surface area contributed by atoms with Gasteiger partial charge in [-0.05, 0) is 49.2 Å². The van der Waals surface area contributed by atoms with Crippen LogP contribution >= 0.6 is 11.6 Å². The van der Waals surface area contributed by atoms with Crippen molar-refractivity contribution in [3.63, 3.8) is 0 Å². The summed E-state index contributed by atoms with van der Waals surface area (Å²) in [5.74, 6) is 1.13. The van der Waals surface area contributed by atoms with Crippen molar-refractivity contribution in [3.05, 3.63) is 70.9 Å². The summed E-state index contributed by atoms with van der Waals surface area (Å²) in [6.07, 6.45) is 4.88. The summed E-state index contributed by atoms with van der Waals surface area (Å²) in [7, 11) is 0. The zero-order chi connectivity index (χ0) is 24.9. The second kappa shape index (κ2) is 10.9. The Morgan fingerprint density at radius 1 is 1.17 bits per heavy atom. The van der Waals surface area contributed by atoms with Gasteiger partial charge in [0.1, 0.15) is 17.1 Å². The number of hydrogen-bond donors (Lipinski definition) is 2. The summed E-state index contributed by atoms with van der Waals surface area (Å²) >= 11 is 6.21. The van der Waals surface area contributed by atoms with E-state index >= 15 is 0 Å². The van der Waals surface area contributed by atoms with Crippen LogP contribution in [0.1, 0.15) is 60.8 Å². The number of fused-ring (bicyclic) bond motifs is 1. The maximum atomic E-state index is 13.3. The van der Waals surface area contributed by atoms with E-state index in [-0.39, 0.29) is 11.7 Å². The minimum absolute atomic E-state index is 0.0305. The Kier molecular flexibility index (Phi) is 7.66. The van der Waals surface area contributed by atoms with E-state index in [0.717, 1.165) is 24.8 Å². The maximum absolute atomic E-state index is 13.3. The van der Waals surface area contributed by atoms with Gasteiger partial charge in [-0.25, -0.2) is 0 Å². The van der Waals surface area contributed by atoms with Crippen LogP contribution in [0.2, 0.25) is 5.02 Å². The number of aromatic nitrogens is 2. The quantitative estimate of drug-likeness (QED) is 0.246. The fraction of sp³-hybridized carbons (Fsp3) is 0.333. The van der Waals surface area contributed by atoms with E-state index in [9.17, 15) is 9.90 Å². The second-order valence-corrected chi connectivity index (χ2v) is 8.80. The number of phenols is 1. The SMILES string of the molecule is C=CCN1C(=O)c2[nH]nc(-c3cc(Cl)ccc3O)c2C1c1ccc(OCCCCC)c(OCC)c1. The molecule has 0 fully saturated rings. The number of aromatic hydroxyl groups is 1. The molecule has 2 aromatic carbocycles. The van der Waals surface area contributed by atoms with E-state index in [0.29, 0.717) is 58.8 Å². The predicted molar refractivity (Wildman–Crippen MR) is 136 cm³/mol. The fourth-order valence-electron chi connectivity index (χ4n) is 4.39. The van der Waals surface area contributed by atoms with Gasteiger partial charge >= 0.3 is 0 Å². The van der Waals surface area contributed by atoms with Crippen LogP contribution in [0.4, 0.5) is 0 Å². The summed E-state index contributed by atoms with van der Waals surface area (Å²) in [5.41, 5.74) is 2.82. The molecular weight excluding hydrogens is 466 g/mol. The number of benzene rings is 2. The zero-order valence-electron chi connectivity index (χ0n) is 20.0. The molecule has 0 saturated carbocycles. The summed E-state index contributed by atoms with van der Waals surface area (Å²) in [6.45, 7) is 9.33. The molecule has 0 radical (unpaired) electrons. The van der Waals surface area contributed by atoms with Gasteiger partial charge in [-0.3, -0.25) is 9.89 Å². The molecule has 0 saturated heterocycles. The summed E-state index contributed by atoms with van der Waals surface area (Å²) < 4.78 is 11.9. The Bertz CT molecular complexity index is 1220. The van der Waals surface area contributed by atoms with Gasteiger partial charge < -0.3 is 19.5 Å². The molecule has 1 aliphatic rings. The van der Waals surface area contributed by atoms with Gasteiger partial charge in [0.15, 0.2) is 11.5 Å². The number of carbonyl (C=O) groups excluding carboxylic acids is 1. The van der Waals surface area contributed by atoms with Gasteiger partial charge in [-0.15, -0.1) is 6.58 Å². The van der Waals surface area contributed by atoms with Gasteiger partial charge in [0.05, 0.1) is 19.3 Å². The molecule has 1 aliphatic heterocycles. The molecule has 1 unspecified atom stereocenters. The number of aromatic amines is 1. The molecule has 4 rings (SSSR count). The number of H-pyrrole nitrogens is 1. The maximum Gasteiger partial charge on any atom is 0.273 e. The van der Waals surface area contributed by atoms with Gasteiger partial charge in [0.25, 0.3) is 5.91 Å². The molecule has 8 heteroatoms. The number of halogens is 1. The van der Waals surface area contributed by atoms with E-state index in [2.05, 4.69) is 23.7 Å². The number of unbranched alkanes of at least 4 members (excludes halogenated alkanes) is 2. The van der Waals surface area contributed by atoms with Crippen LogP contribution in [0.25, 0.3) is 11.3 Å². The monoisotopic (exact) mass is 495 g/mol. The Balaban J connectivity index is 1.79. The summed E-state index contributed by atoms with van der Waals surface area (Å²) in [5, 5.41) is 18.3. The first-order valence-electron chi connectivity index (χ1n) is 11.9. The van der Waals surface area contributed by atoms with Crippen LogP contribution in [0, 0.1) is 0 Å². The normalized spacial score (nSPS) is 14.8. The number of amides is 1. The third-order valence-corrected chi connectivity index (χ3v) is 6.23. The average Bonchev–Trinajstić information content (AvgIpc) is 3.39. The van der Waals surface area contributed by atoms with Gasteiger partial charge in [0, 0.05) is 22.7 Å². The third kappa shape index (κ3) is 4.86. The van der Waals surface area contributed by atoms with E-state index in [4.69, 9.17) is 21.1 Å². The van der Waals surface area contributed by atoms with Crippen molar-refractivity contribution in [1.29, 1.82) is 0 Å². The first kappa shape index (κ1) is 24.7. The van der Waals surface area contributed by atoms with Crippen LogP contribution in [0.15, 0.2) is 49.1 Å². The molecule has 7 nitrogen and oxygen atoms in total. The molecule has 2 N–H and O–H groups in total. The molecule has 35 heavy (non-hydrogen) atoms. The predicted octanol–water partition coefficient (Wildman–Crippen LogP) is 6.13. The lowest BCUT2D eigenvalue weighted by Crippen LogP contribution is -2.29. The van der Waals surface area contributed by atoms with E-state index in [1.165, 1.54) is 6.07 Å². The standard InChI is InChI=1S/C27H30ClN3O4/c1-4-7-8-14-35-21-12-9-17(15-22(21)34-6-3)26-23-24(19-16-18(28)10-11-20(19)32)29-30-25(23)27(33)31(26)13-5-2/h5,9-12,15-16,26,32H,2,4,6-8,13-14H2,1,3H3,(H,29,30). The van der Waals surface area contributed by atoms with Crippen molar-refractivity contribution in [1.82, 2.24) is 15.1 Å². The van der Waals surface area contributed by atoms with Crippen LogP contribution in [-0.4, -0.2) is 45.9 Å². The Labute approximate surface area is 210 Å². The Morgan fingerprint density at radius 2 is 2.00 bits per heavy atom. The number of nitrogens with zero attached hydrogens (tertiary/aromatic N) is 2. The lowest BCUT2D eigenvalue weighted by molar-refractivity contribution is 0.0764. The van der Waals surface area contributed by atoms with Crippen molar-refractivity contribution in [2.75, 3.05) is 19.8 Å². The van der Waals surface area contributed by atoms with Gasteiger partial charge in [-0.2, -0.15) is 5.10 Å². The fourth-order valence-corrected chi connectivity index (χ4v) is 4.56. The molecule has 0 spiro atoms. The highest BCUT2D eigenvalue weighted by atomic mass is 35.5. The first-order chi connectivity index (χ1) is 17.0. The molecule has 0 bridgehead atoms. The van der Waals surface area contributed by atoms with Crippen LogP contribution < -0.4 is 9.47 Å². The number of carbonyl (C=O) groups is 1. The number of rotatable bonds is 11. The van der Waals surface area contributed by atoms with Crippen molar-refractivity contribution < 1.29 is 19.4 Å². The molecule has 3 aromatic rings. The molecule has 0 aliphatic carbocycles. The highest BCUT2D eigenvalue weighted by molar-refractivity contribution is 6.31. The summed E-state index contributed by atoms with van der Waals surface area (Å²) in [4.78, 5) is 15.0. The van der Waals surface area contributed by atoms with Crippen molar-refractivity contribution in [2.45, 2.75) is 39.2 Å². The first-order valence-corrected chi connectivity index (χ1v) is 12.3. The molecule has 1 aromatic heterocycles. The van der Waals surface area contributed by atoms with E-state index in [1.54, 1.807) is 23.1 Å². The number of phenolic OH excluding ortho intramolecular Hbond substituents is 1. The van der Waals surface area contributed by atoms with Crippen LogP contribution in [-0.2, 0) is 0 Å². The van der Waals surface area contributed by atoms with E-state index in [1.807, 2.05) is 25.1 Å². The minimum Gasteiger partial charge on any atom is -0.507 e. The Hall–Kier alpha value is -3.45. The molecule has 1 atom stereocenters. The number of nitrogens with one attached hydrogen (secondary N) is 1. The highest BCUT2D eigenvalue weighted by Crippen LogP contribution is 2.46. The molecule has 2 heterocycles. The Morgan fingerprint density at radius 3 is 2.74 bits per heavy atom. The molecular formula is C27H30ClN3O4. The molecule has 1 amide bonds. The van der Waals surface area contributed by atoms with Gasteiger partial charge in [-0.1, -0.05) is 43.5 Å². The van der Waals surface area contributed by atoms with Crippen LogP contribution in [0.5, 0.6) is 17.2 Å². The second-order valence-electron chi connectivity index (χ2n) is 8.37. The highest BCUT2D eigenvalue weighted by Gasteiger charge is 2.42. The van der Waals surface area contributed by atoms with E-state index < -0.39 is 6.04 Å². The summed E-state index contributed by atoms with van der Waals surface area (Å²) in [6, 6.07) is 10.0. The lowest BCUT2D eigenvalue weighted by Gasteiger charge is -2.26. The third-order valence-electron chi connectivity index (χ3n) is 5.99. The average molecular weight is 496 g/mol. The smallest absolute Gasteiger partial charge is 0.273 e. The minimum atomic E-state index is -0.462. The largest absolute Gasteiger partial charge is 0.507 e. The van der Waals surface area contributed by atoms with Crippen molar-refractivity contribution in [2.24, 2.45) is 0 Å². The van der Waals surface area contributed by atoms with Crippen molar-refractivity contribution in [3.8, 4) is 28.5 Å². The number of ether oxygens (including phenoxy) is 2. The van der Waals surface area contributed by atoms with Crippen molar-refractivity contribution >= 4 is 17.5 Å². The zero-order valence-corrected chi connectivity index (χ0v) is 20.8. The van der Waals surface area contributed by atoms with Gasteiger partial charge in [0.2, 0.25) is 0 Å².